The van der Waals surface area contributed by atoms with Crippen molar-refractivity contribution in [3.63, 3.8) is 0 Å². The Hall–Kier alpha value is -1.81. The van der Waals surface area contributed by atoms with E-state index in [9.17, 15) is 10.0 Å². The van der Waals surface area contributed by atoms with E-state index in [4.69, 9.17) is 17.3 Å². The maximum Gasteiger partial charge on any atom is 0.339 e. The van der Waals surface area contributed by atoms with Crippen molar-refractivity contribution in [2.75, 3.05) is 6.54 Å². The Morgan fingerprint density at radius 1 is 1.68 bits per heavy atom. The molecule has 0 spiro atoms. The largest absolute Gasteiger partial charge is 0.350 e. The van der Waals surface area contributed by atoms with Crippen molar-refractivity contribution in [1.82, 2.24) is 5.06 Å². The highest BCUT2D eigenvalue weighted by atomic mass is 35.5. The third-order valence-corrected chi connectivity index (χ3v) is 4.45. The number of nitrogens with two attached hydrogens (primary N) is 1. The topological polar surface area (TPSA) is 78.9 Å². The van der Waals surface area contributed by atoms with Crippen molar-refractivity contribution in [2.24, 2.45) is 10.7 Å². The van der Waals surface area contributed by atoms with Crippen LogP contribution in [0, 0.1) is 11.8 Å². The molecule has 1 unspecified atom stereocenters. The first-order chi connectivity index (χ1) is 10.4. The molecule has 1 aromatic rings. The minimum atomic E-state index is -0.928. The van der Waals surface area contributed by atoms with Gasteiger partial charge in [-0.2, -0.15) is 5.06 Å². The number of amides is 2. The van der Waals surface area contributed by atoms with Gasteiger partial charge in [0.15, 0.2) is 0 Å². The first-order valence-electron chi connectivity index (χ1n) is 6.64. The number of urea groups is 1. The summed E-state index contributed by atoms with van der Waals surface area (Å²) in [5.74, 6) is 5.69. The average molecular weight is 338 g/mol. The van der Waals surface area contributed by atoms with E-state index in [1.165, 1.54) is 11.3 Å². The number of dihydropyridines is 1. The van der Waals surface area contributed by atoms with Gasteiger partial charge in [0.1, 0.15) is 6.04 Å². The van der Waals surface area contributed by atoms with Gasteiger partial charge in [-0.25, -0.2) is 4.79 Å². The molecule has 2 rings (SSSR count). The molecule has 2 amide bonds. The number of carbonyl (C=O) groups is 1. The van der Waals surface area contributed by atoms with Crippen LogP contribution in [0.4, 0.5) is 4.79 Å². The van der Waals surface area contributed by atoms with E-state index in [-0.39, 0.29) is 0 Å². The van der Waals surface area contributed by atoms with E-state index < -0.39 is 16.9 Å². The van der Waals surface area contributed by atoms with Gasteiger partial charge in [0.25, 0.3) is 0 Å². The van der Waals surface area contributed by atoms with Crippen molar-refractivity contribution in [1.29, 1.82) is 0 Å². The molecule has 1 aliphatic heterocycles. The molecule has 2 heterocycles. The van der Waals surface area contributed by atoms with Gasteiger partial charge >= 0.3 is 6.03 Å². The number of alkyl halides is 1. The Labute approximate surface area is 138 Å². The number of nitrogens with zero attached hydrogens (tertiary/aromatic N) is 2. The van der Waals surface area contributed by atoms with Gasteiger partial charge in [0.2, 0.25) is 0 Å². The SMILES string of the molecule is C[C@H](C#Cc1ccc(CC2(Cl)C=CC=NC2)s1)N(O)C(N)=O. The number of hydroxylamine groups is 2. The second kappa shape index (κ2) is 6.97. The van der Waals surface area contributed by atoms with Crippen molar-refractivity contribution in [3.05, 3.63) is 34.0 Å². The van der Waals surface area contributed by atoms with E-state index in [2.05, 4.69) is 16.8 Å². The number of rotatable bonds is 3. The molecule has 1 aromatic heterocycles. The molecule has 0 bridgehead atoms. The van der Waals surface area contributed by atoms with Crippen LogP contribution >= 0.6 is 22.9 Å². The van der Waals surface area contributed by atoms with E-state index in [0.29, 0.717) is 18.0 Å². The maximum atomic E-state index is 10.8. The first-order valence-corrected chi connectivity index (χ1v) is 7.83. The zero-order valence-electron chi connectivity index (χ0n) is 12.0. The van der Waals surface area contributed by atoms with E-state index >= 15 is 0 Å². The lowest BCUT2D eigenvalue weighted by Gasteiger charge is -2.22. The molecule has 0 saturated carbocycles. The van der Waals surface area contributed by atoms with Crippen LogP contribution in [0.1, 0.15) is 16.7 Å². The highest BCUT2D eigenvalue weighted by Crippen LogP contribution is 2.28. The quantitative estimate of drug-likeness (QED) is 0.384. The molecule has 7 heteroatoms. The molecule has 0 aliphatic carbocycles. The molecule has 5 nitrogen and oxygen atoms in total. The summed E-state index contributed by atoms with van der Waals surface area (Å²) in [6, 6.07) is 2.27. The summed E-state index contributed by atoms with van der Waals surface area (Å²) in [5.41, 5.74) is 4.97. The van der Waals surface area contributed by atoms with Gasteiger partial charge in [-0.3, -0.25) is 10.2 Å². The van der Waals surface area contributed by atoms with Crippen LogP contribution in [0.2, 0.25) is 0 Å². The summed E-state index contributed by atoms with van der Waals surface area (Å²) in [5, 5.41) is 9.75. The summed E-state index contributed by atoms with van der Waals surface area (Å²) in [4.78, 5) is 16.5. The minimum absolute atomic E-state index is 0.403. The van der Waals surface area contributed by atoms with Gasteiger partial charge in [-0.05, 0) is 25.1 Å². The van der Waals surface area contributed by atoms with Crippen molar-refractivity contribution in [3.8, 4) is 11.8 Å². The monoisotopic (exact) mass is 337 g/mol. The lowest BCUT2D eigenvalue weighted by molar-refractivity contribution is -0.0536. The van der Waals surface area contributed by atoms with Crippen molar-refractivity contribution < 1.29 is 10.0 Å². The van der Waals surface area contributed by atoms with Gasteiger partial charge in [-0.1, -0.05) is 17.9 Å². The summed E-state index contributed by atoms with van der Waals surface area (Å²) < 4.78 is 0. The van der Waals surface area contributed by atoms with Crippen LogP contribution in [-0.2, 0) is 6.42 Å². The van der Waals surface area contributed by atoms with Crippen LogP contribution in [0.25, 0.3) is 0 Å². The van der Waals surface area contributed by atoms with Crippen LogP contribution in [-0.4, -0.2) is 40.0 Å². The molecular formula is C15H16ClN3O2S. The average Bonchev–Trinajstić information content (AvgIpc) is 2.91. The van der Waals surface area contributed by atoms with Gasteiger partial charge in [0, 0.05) is 17.5 Å². The summed E-state index contributed by atoms with van der Waals surface area (Å²) in [6.07, 6.45) is 6.22. The van der Waals surface area contributed by atoms with Gasteiger partial charge in [0.05, 0.1) is 16.3 Å². The maximum absolute atomic E-state index is 10.8. The van der Waals surface area contributed by atoms with Gasteiger partial charge in [-0.15, -0.1) is 22.9 Å². The Bertz CT molecular complexity index is 674. The Morgan fingerprint density at radius 3 is 3.09 bits per heavy atom. The Morgan fingerprint density at radius 2 is 2.45 bits per heavy atom. The number of aliphatic imine (C=N–C) groups is 1. The van der Waals surface area contributed by atoms with E-state index in [0.717, 1.165) is 9.75 Å². The van der Waals surface area contributed by atoms with E-state index in [1.807, 2.05) is 24.3 Å². The summed E-state index contributed by atoms with van der Waals surface area (Å²) in [6.45, 7) is 2.14. The number of thiophene rings is 1. The predicted molar refractivity (Wildman–Crippen MR) is 88.7 cm³/mol. The second-order valence-corrected chi connectivity index (χ2v) is 6.88. The zero-order chi connectivity index (χ0) is 16.2. The highest BCUT2D eigenvalue weighted by Gasteiger charge is 2.26. The van der Waals surface area contributed by atoms with Gasteiger partial charge < -0.3 is 5.73 Å². The third-order valence-electron chi connectivity index (χ3n) is 3.07. The van der Waals surface area contributed by atoms with E-state index in [1.54, 1.807) is 13.1 Å². The third kappa shape index (κ3) is 4.34. The molecular weight excluding hydrogens is 322 g/mol. The number of carbonyl (C=O) groups excluding carboxylic acids is 1. The summed E-state index contributed by atoms with van der Waals surface area (Å²) in [7, 11) is 0. The predicted octanol–water partition coefficient (Wildman–Crippen LogP) is 2.42. The molecule has 0 saturated heterocycles. The first kappa shape index (κ1) is 16.6. The fraction of sp³-hybridized carbons (Fsp3) is 0.333. The summed E-state index contributed by atoms with van der Waals surface area (Å²) >= 11 is 8.03. The lowest BCUT2D eigenvalue weighted by atomic mass is 10.0. The molecule has 1 aliphatic rings. The molecule has 3 N–H and O–H groups in total. The fourth-order valence-electron chi connectivity index (χ4n) is 1.91. The van der Waals surface area contributed by atoms with Crippen LogP contribution in [0.15, 0.2) is 29.3 Å². The molecule has 22 heavy (non-hydrogen) atoms. The number of allylic oxidation sites excluding steroid dienone is 1. The van der Waals surface area contributed by atoms with Crippen LogP contribution in [0.3, 0.4) is 0 Å². The molecule has 0 aromatic carbocycles. The Balaban J connectivity index is 2.02. The van der Waals surface area contributed by atoms with Crippen molar-refractivity contribution >= 4 is 35.2 Å². The van der Waals surface area contributed by atoms with Crippen molar-refractivity contribution in [2.45, 2.75) is 24.3 Å². The smallest absolute Gasteiger partial charge is 0.339 e. The molecule has 0 fully saturated rings. The second-order valence-electron chi connectivity index (χ2n) is 4.95. The lowest BCUT2D eigenvalue weighted by Crippen LogP contribution is -2.38. The Kier molecular flexibility index (Phi) is 5.24. The molecule has 116 valence electrons. The highest BCUT2D eigenvalue weighted by molar-refractivity contribution is 7.12. The number of hydrogen-bond acceptors (Lipinski definition) is 4. The molecule has 2 atom stereocenters. The normalized spacial score (nSPS) is 21.0. The molecule has 0 radical (unpaired) electrons. The standard InChI is InChI=1S/C15H16ClN3O2S/c1-11(19(21)14(17)20)3-4-12-5-6-13(22-12)9-15(16)7-2-8-18-10-15/h2,5-8,11,21H,9-10H2,1H3,(H2,17,20)/t11-,15?/m1/s1. The fourth-order valence-corrected chi connectivity index (χ4v) is 3.26. The van der Waals surface area contributed by atoms with Crippen LogP contribution in [0.5, 0.6) is 0 Å². The minimum Gasteiger partial charge on any atom is -0.350 e. The van der Waals surface area contributed by atoms with Crippen LogP contribution < -0.4 is 5.73 Å². The number of primary amides is 1. The number of hydrogen-bond donors (Lipinski definition) is 2. The number of halogens is 1. The zero-order valence-corrected chi connectivity index (χ0v) is 13.6.